The molecule has 2 heterocycles. The number of fused-ring (bicyclic) bond motifs is 1. The highest BCUT2D eigenvalue weighted by Gasteiger charge is 2.24. The Hall–Kier alpha value is -1.90. The van der Waals surface area contributed by atoms with Crippen LogP contribution >= 0.6 is 11.3 Å². The maximum atomic E-state index is 2.43. The van der Waals surface area contributed by atoms with Crippen LogP contribution in [0, 0.1) is 0 Å². The summed E-state index contributed by atoms with van der Waals surface area (Å²) in [6, 6.07) is 20.1. The average Bonchev–Trinajstić information content (AvgIpc) is 3.09. The second-order valence-electron chi connectivity index (χ2n) is 6.09. The average molecular weight is 305 g/mol. The molecule has 1 aliphatic rings. The number of rotatable bonds is 2. The third-order valence-electron chi connectivity index (χ3n) is 4.51. The lowest BCUT2D eigenvalue weighted by Gasteiger charge is -2.33. The molecule has 0 saturated carbocycles. The fourth-order valence-electron chi connectivity index (χ4n) is 3.43. The van der Waals surface area contributed by atoms with Crippen LogP contribution in [0.25, 0.3) is 11.1 Å². The quantitative estimate of drug-likeness (QED) is 0.644. The smallest absolute Gasteiger partial charge is 0.0234 e. The molecule has 1 atom stereocenters. The van der Waals surface area contributed by atoms with Crippen LogP contribution < -0.4 is 0 Å². The third kappa shape index (κ3) is 2.49. The van der Waals surface area contributed by atoms with Crippen LogP contribution in [0.3, 0.4) is 0 Å². The zero-order chi connectivity index (χ0) is 14.9. The molecule has 1 aromatic heterocycles. The van der Waals surface area contributed by atoms with Crippen LogP contribution in [0.2, 0.25) is 0 Å². The normalized spacial score (nSPS) is 18.1. The molecule has 0 bridgehead atoms. The van der Waals surface area contributed by atoms with Gasteiger partial charge in [0.2, 0.25) is 0 Å². The largest absolute Gasteiger partial charge is 0.301 e. The minimum Gasteiger partial charge on any atom is -0.301 e. The standard InChI is InChI=1S/C20H19NS/c1-21-12-18-11-16(17-9-10-22-14-17)7-8-19(18)20(13-21)15-5-3-2-4-6-15/h2-11,14,20H,12-13H2,1H3. The molecule has 2 heteroatoms. The summed E-state index contributed by atoms with van der Waals surface area (Å²) >= 11 is 1.76. The van der Waals surface area contributed by atoms with E-state index in [-0.39, 0.29) is 0 Å². The van der Waals surface area contributed by atoms with Gasteiger partial charge in [-0.15, -0.1) is 0 Å². The van der Waals surface area contributed by atoms with Gasteiger partial charge in [-0.1, -0.05) is 42.5 Å². The summed E-state index contributed by atoms with van der Waals surface area (Å²) in [5.74, 6) is 0.478. The van der Waals surface area contributed by atoms with Gasteiger partial charge in [-0.2, -0.15) is 11.3 Å². The van der Waals surface area contributed by atoms with Crippen molar-refractivity contribution in [3.8, 4) is 11.1 Å². The van der Waals surface area contributed by atoms with Gasteiger partial charge in [-0.3, -0.25) is 0 Å². The molecule has 2 aromatic carbocycles. The highest BCUT2D eigenvalue weighted by Crippen LogP contribution is 2.35. The van der Waals surface area contributed by atoms with E-state index in [1.54, 1.807) is 11.3 Å². The lowest BCUT2D eigenvalue weighted by Crippen LogP contribution is -2.30. The van der Waals surface area contributed by atoms with Crippen LogP contribution in [0.1, 0.15) is 22.6 Å². The monoisotopic (exact) mass is 305 g/mol. The Morgan fingerprint density at radius 3 is 2.64 bits per heavy atom. The van der Waals surface area contributed by atoms with Gasteiger partial charge >= 0.3 is 0 Å². The Morgan fingerprint density at radius 2 is 1.86 bits per heavy atom. The Morgan fingerprint density at radius 1 is 1.00 bits per heavy atom. The predicted molar refractivity (Wildman–Crippen MR) is 94.4 cm³/mol. The van der Waals surface area contributed by atoms with Crippen LogP contribution in [0.4, 0.5) is 0 Å². The van der Waals surface area contributed by atoms with Crippen molar-refractivity contribution in [1.29, 1.82) is 0 Å². The first-order chi connectivity index (χ1) is 10.8. The lowest BCUT2D eigenvalue weighted by molar-refractivity contribution is 0.295. The van der Waals surface area contributed by atoms with Crippen LogP contribution in [-0.2, 0) is 6.54 Å². The van der Waals surface area contributed by atoms with Crippen molar-refractivity contribution in [3.05, 3.63) is 82.0 Å². The van der Waals surface area contributed by atoms with Gasteiger partial charge in [0.05, 0.1) is 0 Å². The minimum absolute atomic E-state index is 0.478. The van der Waals surface area contributed by atoms with E-state index in [9.17, 15) is 0 Å². The first-order valence-electron chi connectivity index (χ1n) is 7.70. The fourth-order valence-corrected chi connectivity index (χ4v) is 4.09. The molecule has 22 heavy (non-hydrogen) atoms. The molecule has 3 aromatic rings. The zero-order valence-electron chi connectivity index (χ0n) is 12.7. The Labute approximate surface area is 135 Å². The van der Waals surface area contributed by atoms with Gasteiger partial charge in [-0.05, 0) is 57.8 Å². The summed E-state index contributed by atoms with van der Waals surface area (Å²) in [6.45, 7) is 2.13. The Bertz CT molecular complexity index is 762. The third-order valence-corrected chi connectivity index (χ3v) is 5.19. The second kappa shape index (κ2) is 5.71. The van der Waals surface area contributed by atoms with Gasteiger partial charge in [-0.25, -0.2) is 0 Å². The summed E-state index contributed by atoms with van der Waals surface area (Å²) in [5.41, 5.74) is 7.03. The molecular formula is C20H19NS. The van der Waals surface area contributed by atoms with Gasteiger partial charge < -0.3 is 4.90 Å². The number of hydrogen-bond acceptors (Lipinski definition) is 2. The van der Waals surface area contributed by atoms with Gasteiger partial charge in [0.1, 0.15) is 0 Å². The summed E-state index contributed by atoms with van der Waals surface area (Å²) in [7, 11) is 2.22. The number of hydrogen-bond donors (Lipinski definition) is 0. The SMILES string of the molecule is CN1Cc2cc(-c3ccsc3)ccc2C(c2ccccc2)C1. The van der Waals surface area contributed by atoms with Gasteiger partial charge in [0, 0.05) is 19.0 Å². The van der Waals surface area contributed by atoms with Crippen LogP contribution in [-0.4, -0.2) is 18.5 Å². The molecule has 0 spiro atoms. The van der Waals surface area contributed by atoms with E-state index in [0.717, 1.165) is 13.1 Å². The molecule has 0 aliphatic carbocycles. The van der Waals surface area contributed by atoms with E-state index in [1.165, 1.54) is 27.8 Å². The molecule has 1 unspecified atom stereocenters. The molecule has 0 radical (unpaired) electrons. The molecule has 110 valence electrons. The Balaban J connectivity index is 1.78. The van der Waals surface area contributed by atoms with Crippen LogP contribution in [0.15, 0.2) is 65.4 Å². The second-order valence-corrected chi connectivity index (χ2v) is 6.87. The van der Waals surface area contributed by atoms with E-state index in [2.05, 4.69) is 77.3 Å². The van der Waals surface area contributed by atoms with E-state index in [0.29, 0.717) is 5.92 Å². The lowest BCUT2D eigenvalue weighted by atomic mass is 9.84. The molecule has 0 amide bonds. The molecule has 1 nitrogen and oxygen atoms in total. The number of likely N-dealkylation sites (N-methyl/N-ethyl adjacent to an activating group) is 1. The van der Waals surface area contributed by atoms with Gasteiger partial charge in [0.25, 0.3) is 0 Å². The molecule has 0 N–H and O–H groups in total. The maximum absolute atomic E-state index is 2.43. The van der Waals surface area contributed by atoms with Crippen molar-refractivity contribution >= 4 is 11.3 Å². The van der Waals surface area contributed by atoms with Crippen molar-refractivity contribution in [3.63, 3.8) is 0 Å². The topological polar surface area (TPSA) is 3.24 Å². The van der Waals surface area contributed by atoms with E-state index in [4.69, 9.17) is 0 Å². The van der Waals surface area contributed by atoms with Crippen molar-refractivity contribution in [2.45, 2.75) is 12.5 Å². The van der Waals surface area contributed by atoms with Crippen LogP contribution in [0.5, 0.6) is 0 Å². The molecule has 0 saturated heterocycles. The molecule has 0 fully saturated rings. The van der Waals surface area contributed by atoms with Crippen molar-refractivity contribution in [2.75, 3.05) is 13.6 Å². The minimum atomic E-state index is 0.478. The summed E-state index contributed by atoms with van der Waals surface area (Å²) in [5, 5.41) is 4.37. The highest BCUT2D eigenvalue weighted by molar-refractivity contribution is 7.08. The van der Waals surface area contributed by atoms with E-state index in [1.807, 2.05) is 0 Å². The maximum Gasteiger partial charge on any atom is 0.0234 e. The first kappa shape index (κ1) is 13.7. The number of thiophene rings is 1. The van der Waals surface area contributed by atoms with Crippen molar-refractivity contribution in [2.24, 2.45) is 0 Å². The van der Waals surface area contributed by atoms with E-state index < -0.39 is 0 Å². The number of benzene rings is 2. The van der Waals surface area contributed by atoms with Crippen molar-refractivity contribution < 1.29 is 0 Å². The summed E-state index contributed by atoms with van der Waals surface area (Å²) in [4.78, 5) is 2.43. The summed E-state index contributed by atoms with van der Waals surface area (Å²) < 4.78 is 0. The van der Waals surface area contributed by atoms with E-state index >= 15 is 0 Å². The number of nitrogens with zero attached hydrogens (tertiary/aromatic N) is 1. The Kier molecular flexibility index (Phi) is 3.57. The molecule has 4 rings (SSSR count). The van der Waals surface area contributed by atoms with Crippen molar-refractivity contribution in [1.82, 2.24) is 4.90 Å². The predicted octanol–water partition coefficient (Wildman–Crippen LogP) is 4.99. The molecule has 1 aliphatic heterocycles. The summed E-state index contributed by atoms with van der Waals surface area (Å²) in [6.07, 6.45) is 0. The zero-order valence-corrected chi connectivity index (χ0v) is 13.5. The fraction of sp³-hybridized carbons (Fsp3) is 0.200. The molecular weight excluding hydrogens is 286 g/mol. The first-order valence-corrected chi connectivity index (χ1v) is 8.64. The van der Waals surface area contributed by atoms with Gasteiger partial charge in [0.15, 0.2) is 0 Å². The highest BCUT2D eigenvalue weighted by atomic mass is 32.1.